The van der Waals surface area contributed by atoms with Crippen LogP contribution in [0.1, 0.15) is 19.3 Å². The third-order valence-corrected chi connectivity index (χ3v) is 4.42. The van der Waals surface area contributed by atoms with E-state index in [0.717, 1.165) is 30.2 Å². The number of ether oxygens (including phenoxy) is 1. The van der Waals surface area contributed by atoms with Crippen LogP contribution in [0.15, 0.2) is 48.5 Å². The quantitative estimate of drug-likeness (QED) is 0.842. The van der Waals surface area contributed by atoms with Crippen LogP contribution in [0, 0.1) is 0 Å². The van der Waals surface area contributed by atoms with Crippen molar-refractivity contribution in [1.82, 2.24) is 0 Å². The zero-order chi connectivity index (χ0) is 17.5. The van der Waals surface area contributed by atoms with E-state index in [2.05, 4.69) is 27.7 Å². The summed E-state index contributed by atoms with van der Waals surface area (Å²) in [4.78, 5) is 14.5. The number of hydrogen-bond donors (Lipinski definition) is 2. The number of anilines is 3. The average molecular weight is 339 g/mol. The normalized spacial score (nSPS) is 14.0. The zero-order valence-corrected chi connectivity index (χ0v) is 14.6. The molecule has 0 bridgehead atoms. The Morgan fingerprint density at radius 1 is 1.04 bits per heavy atom. The Labute approximate surface area is 149 Å². The molecular weight excluding hydrogens is 314 g/mol. The Morgan fingerprint density at radius 3 is 2.48 bits per heavy atom. The van der Waals surface area contributed by atoms with Crippen molar-refractivity contribution in [3.63, 3.8) is 0 Å². The first-order chi connectivity index (χ1) is 12.3. The molecule has 1 aliphatic rings. The number of methoxy groups -OCH3 is 1. The molecule has 0 unspecified atom stereocenters. The van der Waals surface area contributed by atoms with E-state index >= 15 is 0 Å². The lowest BCUT2D eigenvalue weighted by molar-refractivity contribution is -0.114. The van der Waals surface area contributed by atoms with E-state index in [9.17, 15) is 4.79 Å². The van der Waals surface area contributed by atoms with Crippen LogP contribution in [-0.2, 0) is 4.79 Å². The van der Waals surface area contributed by atoms with E-state index in [0.29, 0.717) is 0 Å². The van der Waals surface area contributed by atoms with Crippen molar-refractivity contribution in [2.75, 3.05) is 42.3 Å². The molecule has 1 amide bonds. The second kappa shape index (κ2) is 8.42. The maximum absolute atomic E-state index is 12.1. The minimum Gasteiger partial charge on any atom is -0.495 e. The fraction of sp³-hybridized carbons (Fsp3) is 0.350. The van der Waals surface area contributed by atoms with Crippen LogP contribution in [-0.4, -0.2) is 32.7 Å². The summed E-state index contributed by atoms with van der Waals surface area (Å²) in [5.41, 5.74) is 2.85. The Hall–Kier alpha value is -2.69. The van der Waals surface area contributed by atoms with Gasteiger partial charge in [0.1, 0.15) is 5.75 Å². The number of amides is 1. The SMILES string of the molecule is COc1ccccc1NCC(=O)Nc1ccc(N2CCCCC2)cc1. The predicted molar refractivity (Wildman–Crippen MR) is 103 cm³/mol. The van der Waals surface area contributed by atoms with Gasteiger partial charge in [0.05, 0.1) is 19.3 Å². The second-order valence-corrected chi connectivity index (χ2v) is 6.20. The lowest BCUT2D eigenvalue weighted by atomic mass is 10.1. The highest BCUT2D eigenvalue weighted by Gasteiger charge is 2.11. The molecule has 0 aromatic heterocycles. The van der Waals surface area contributed by atoms with Crippen LogP contribution in [0.25, 0.3) is 0 Å². The second-order valence-electron chi connectivity index (χ2n) is 6.20. The van der Waals surface area contributed by atoms with E-state index in [-0.39, 0.29) is 12.5 Å². The molecule has 0 aliphatic carbocycles. The summed E-state index contributed by atoms with van der Waals surface area (Å²) in [6.45, 7) is 2.43. The number of nitrogens with one attached hydrogen (secondary N) is 2. The molecule has 1 aliphatic heterocycles. The van der Waals surface area contributed by atoms with Crippen LogP contribution in [0.5, 0.6) is 5.75 Å². The first-order valence-electron chi connectivity index (χ1n) is 8.78. The zero-order valence-electron chi connectivity index (χ0n) is 14.6. The standard InChI is InChI=1S/C20H25N3O2/c1-25-19-8-4-3-7-18(19)21-15-20(24)22-16-9-11-17(12-10-16)23-13-5-2-6-14-23/h3-4,7-12,21H,2,5-6,13-15H2,1H3,(H,22,24). The van der Waals surface area contributed by atoms with Crippen molar-refractivity contribution in [1.29, 1.82) is 0 Å². The molecule has 0 saturated carbocycles. The Morgan fingerprint density at radius 2 is 1.76 bits per heavy atom. The van der Waals surface area contributed by atoms with Crippen molar-refractivity contribution in [2.45, 2.75) is 19.3 Å². The fourth-order valence-corrected chi connectivity index (χ4v) is 3.08. The predicted octanol–water partition coefficient (Wildman–Crippen LogP) is 3.74. The number of para-hydroxylation sites is 2. The van der Waals surface area contributed by atoms with E-state index in [1.54, 1.807) is 7.11 Å². The smallest absolute Gasteiger partial charge is 0.243 e. The topological polar surface area (TPSA) is 53.6 Å². The fourth-order valence-electron chi connectivity index (χ4n) is 3.08. The van der Waals surface area contributed by atoms with Gasteiger partial charge in [0.15, 0.2) is 0 Å². The number of benzene rings is 2. The third-order valence-electron chi connectivity index (χ3n) is 4.42. The summed E-state index contributed by atoms with van der Waals surface area (Å²) < 4.78 is 5.27. The molecule has 1 saturated heterocycles. The van der Waals surface area contributed by atoms with E-state index < -0.39 is 0 Å². The molecule has 3 rings (SSSR count). The van der Waals surface area contributed by atoms with Crippen molar-refractivity contribution < 1.29 is 9.53 Å². The molecule has 25 heavy (non-hydrogen) atoms. The maximum atomic E-state index is 12.1. The van der Waals surface area contributed by atoms with Gasteiger partial charge in [-0.3, -0.25) is 4.79 Å². The Bertz CT molecular complexity index is 694. The highest BCUT2D eigenvalue weighted by atomic mass is 16.5. The van der Waals surface area contributed by atoms with Crippen LogP contribution in [0.2, 0.25) is 0 Å². The van der Waals surface area contributed by atoms with Gasteiger partial charge in [-0.1, -0.05) is 12.1 Å². The lowest BCUT2D eigenvalue weighted by Gasteiger charge is -2.28. The van der Waals surface area contributed by atoms with Gasteiger partial charge in [-0.25, -0.2) is 0 Å². The van der Waals surface area contributed by atoms with Crippen molar-refractivity contribution in [3.05, 3.63) is 48.5 Å². The Kier molecular flexibility index (Phi) is 5.77. The number of rotatable bonds is 6. The van der Waals surface area contributed by atoms with Crippen LogP contribution < -0.4 is 20.3 Å². The monoisotopic (exact) mass is 339 g/mol. The molecule has 1 fully saturated rings. The molecule has 2 aromatic rings. The molecular formula is C20H25N3O2. The largest absolute Gasteiger partial charge is 0.495 e. The average Bonchev–Trinajstić information content (AvgIpc) is 2.68. The highest BCUT2D eigenvalue weighted by Crippen LogP contribution is 2.23. The number of piperidine rings is 1. The molecule has 2 aromatic carbocycles. The molecule has 5 nitrogen and oxygen atoms in total. The van der Waals surface area contributed by atoms with E-state index in [4.69, 9.17) is 4.74 Å². The van der Waals surface area contributed by atoms with Crippen LogP contribution in [0.4, 0.5) is 17.1 Å². The van der Waals surface area contributed by atoms with Crippen LogP contribution >= 0.6 is 0 Å². The van der Waals surface area contributed by atoms with Crippen LogP contribution in [0.3, 0.4) is 0 Å². The van der Waals surface area contributed by atoms with Gasteiger partial charge >= 0.3 is 0 Å². The van der Waals surface area contributed by atoms with E-state index in [1.807, 2.05) is 36.4 Å². The minimum atomic E-state index is -0.0865. The molecule has 132 valence electrons. The van der Waals surface area contributed by atoms with Gasteiger partial charge < -0.3 is 20.3 Å². The Balaban J connectivity index is 1.52. The van der Waals surface area contributed by atoms with Gasteiger partial charge in [0.2, 0.25) is 5.91 Å². The van der Waals surface area contributed by atoms with Gasteiger partial charge in [-0.05, 0) is 55.7 Å². The summed E-state index contributed by atoms with van der Waals surface area (Å²) in [6, 6.07) is 15.6. The molecule has 1 heterocycles. The number of nitrogens with zero attached hydrogens (tertiary/aromatic N) is 1. The van der Waals surface area contributed by atoms with Gasteiger partial charge in [-0.2, -0.15) is 0 Å². The van der Waals surface area contributed by atoms with Crippen molar-refractivity contribution in [2.24, 2.45) is 0 Å². The minimum absolute atomic E-state index is 0.0865. The van der Waals surface area contributed by atoms with Gasteiger partial charge in [-0.15, -0.1) is 0 Å². The first kappa shape index (κ1) is 17.1. The lowest BCUT2D eigenvalue weighted by Crippen LogP contribution is -2.29. The first-order valence-corrected chi connectivity index (χ1v) is 8.78. The third kappa shape index (κ3) is 4.66. The summed E-state index contributed by atoms with van der Waals surface area (Å²) in [7, 11) is 1.62. The molecule has 5 heteroatoms. The summed E-state index contributed by atoms with van der Waals surface area (Å²) in [6.07, 6.45) is 3.84. The maximum Gasteiger partial charge on any atom is 0.243 e. The van der Waals surface area contributed by atoms with Crippen molar-refractivity contribution in [3.8, 4) is 5.75 Å². The molecule has 2 N–H and O–H groups in total. The van der Waals surface area contributed by atoms with Gasteiger partial charge in [0, 0.05) is 24.5 Å². The van der Waals surface area contributed by atoms with E-state index in [1.165, 1.54) is 24.9 Å². The number of carbonyl (C=O) groups excluding carboxylic acids is 1. The number of hydrogen-bond acceptors (Lipinski definition) is 4. The highest BCUT2D eigenvalue weighted by molar-refractivity contribution is 5.94. The number of carbonyl (C=O) groups is 1. The summed E-state index contributed by atoms with van der Waals surface area (Å²) >= 11 is 0. The molecule has 0 spiro atoms. The molecule has 0 atom stereocenters. The summed E-state index contributed by atoms with van der Waals surface area (Å²) in [5, 5.41) is 6.02. The van der Waals surface area contributed by atoms with Crippen molar-refractivity contribution >= 4 is 23.0 Å². The van der Waals surface area contributed by atoms with Gasteiger partial charge in [0.25, 0.3) is 0 Å². The molecule has 0 radical (unpaired) electrons. The summed E-state index contributed by atoms with van der Waals surface area (Å²) in [5.74, 6) is 0.637.